The Morgan fingerprint density at radius 2 is 2.13 bits per heavy atom. The van der Waals surface area contributed by atoms with Crippen molar-refractivity contribution in [3.63, 3.8) is 0 Å². The molecule has 1 N–H and O–H groups in total. The Morgan fingerprint density at radius 1 is 1.33 bits per heavy atom. The van der Waals surface area contributed by atoms with Crippen molar-refractivity contribution in [3.8, 4) is 0 Å². The molecule has 3 nitrogen and oxygen atoms in total. The van der Waals surface area contributed by atoms with Crippen LogP contribution in [-0.2, 0) is 0 Å². The summed E-state index contributed by atoms with van der Waals surface area (Å²) in [5, 5.41) is 1.73. The highest BCUT2D eigenvalue weighted by atomic mass is 35.5. The van der Waals surface area contributed by atoms with Gasteiger partial charge in [-0.2, -0.15) is 0 Å². The highest BCUT2D eigenvalue weighted by Crippen LogP contribution is 2.30. The molecule has 0 atom stereocenters. The molecule has 78 valence electrons. The van der Waals surface area contributed by atoms with Crippen molar-refractivity contribution in [2.45, 2.75) is 12.8 Å². The van der Waals surface area contributed by atoms with E-state index < -0.39 is 0 Å². The Bertz CT molecular complexity index is 486. The van der Waals surface area contributed by atoms with Gasteiger partial charge in [0.1, 0.15) is 10.8 Å². The van der Waals surface area contributed by atoms with Gasteiger partial charge in [0.25, 0.3) is 0 Å². The molecule has 4 heteroatoms. The first-order valence-electron chi connectivity index (χ1n) is 5.23. The van der Waals surface area contributed by atoms with Crippen LogP contribution < -0.4 is 4.90 Å². The van der Waals surface area contributed by atoms with Crippen molar-refractivity contribution in [1.29, 1.82) is 0 Å². The smallest absolute Gasteiger partial charge is 0.141 e. The van der Waals surface area contributed by atoms with E-state index in [0.29, 0.717) is 5.15 Å². The third-order valence-corrected chi connectivity index (χ3v) is 3.12. The van der Waals surface area contributed by atoms with E-state index in [9.17, 15) is 0 Å². The van der Waals surface area contributed by atoms with Gasteiger partial charge in [-0.05, 0) is 25.0 Å². The molecule has 0 spiro atoms. The van der Waals surface area contributed by atoms with Crippen LogP contribution in [0.5, 0.6) is 0 Å². The van der Waals surface area contributed by atoms with Crippen molar-refractivity contribution < 1.29 is 0 Å². The Balaban J connectivity index is 2.18. The molecule has 0 bridgehead atoms. The number of nitrogens with zero attached hydrogens (tertiary/aromatic N) is 2. The molecule has 3 rings (SSSR count). The van der Waals surface area contributed by atoms with E-state index >= 15 is 0 Å². The molecule has 0 unspecified atom stereocenters. The van der Waals surface area contributed by atoms with Crippen LogP contribution in [0.4, 0.5) is 5.69 Å². The van der Waals surface area contributed by atoms with Crippen molar-refractivity contribution in [3.05, 3.63) is 23.5 Å². The summed E-state index contributed by atoms with van der Waals surface area (Å²) in [7, 11) is 0. The van der Waals surface area contributed by atoms with Crippen molar-refractivity contribution in [1.82, 2.24) is 9.97 Å². The minimum atomic E-state index is 0.562. The topological polar surface area (TPSA) is 31.9 Å². The van der Waals surface area contributed by atoms with E-state index in [2.05, 4.69) is 20.9 Å². The lowest BCUT2D eigenvalue weighted by molar-refractivity contribution is 0.949. The van der Waals surface area contributed by atoms with Gasteiger partial charge in [-0.25, -0.2) is 4.98 Å². The number of fused-ring (bicyclic) bond motifs is 1. The molecule has 1 saturated heterocycles. The summed E-state index contributed by atoms with van der Waals surface area (Å²) in [6, 6.07) is 4.02. The Hall–Kier alpha value is -1.22. The maximum atomic E-state index is 6.00. The second-order valence-corrected chi connectivity index (χ2v) is 4.29. The standard InChI is InChI=1S/C11H12ClN3/c12-10-7-9(15-5-1-2-6-15)8-3-4-13-11(8)14-10/h3-4,7H,1-2,5-6H2,(H,13,14). The summed E-state index contributed by atoms with van der Waals surface area (Å²) >= 11 is 6.00. The van der Waals surface area contributed by atoms with Gasteiger partial charge < -0.3 is 9.88 Å². The van der Waals surface area contributed by atoms with Crippen LogP contribution in [0.15, 0.2) is 18.3 Å². The molecule has 15 heavy (non-hydrogen) atoms. The van der Waals surface area contributed by atoms with Crippen LogP contribution in [-0.4, -0.2) is 23.1 Å². The minimum Gasteiger partial charge on any atom is -0.371 e. The van der Waals surface area contributed by atoms with Gasteiger partial charge in [0.05, 0.1) is 5.69 Å². The third-order valence-electron chi connectivity index (χ3n) is 2.92. The molecule has 2 aromatic rings. The van der Waals surface area contributed by atoms with Gasteiger partial charge in [0.15, 0.2) is 0 Å². The Kier molecular flexibility index (Phi) is 2.06. The van der Waals surface area contributed by atoms with Crippen LogP contribution in [0.25, 0.3) is 11.0 Å². The second kappa shape index (κ2) is 3.42. The minimum absolute atomic E-state index is 0.562. The average molecular weight is 222 g/mol. The number of aromatic amines is 1. The molecular formula is C11H12ClN3. The fraction of sp³-hybridized carbons (Fsp3) is 0.364. The number of anilines is 1. The number of hydrogen-bond donors (Lipinski definition) is 1. The zero-order chi connectivity index (χ0) is 10.3. The zero-order valence-corrected chi connectivity index (χ0v) is 9.09. The lowest BCUT2D eigenvalue weighted by Crippen LogP contribution is -2.17. The first-order valence-corrected chi connectivity index (χ1v) is 5.61. The van der Waals surface area contributed by atoms with Crippen molar-refractivity contribution in [2.75, 3.05) is 18.0 Å². The van der Waals surface area contributed by atoms with Crippen LogP contribution in [0.3, 0.4) is 0 Å². The summed E-state index contributed by atoms with van der Waals surface area (Å²) in [5.41, 5.74) is 2.09. The van der Waals surface area contributed by atoms with Crippen LogP contribution >= 0.6 is 11.6 Å². The number of aromatic nitrogens is 2. The first kappa shape index (κ1) is 9.04. The SMILES string of the molecule is Clc1cc(N2CCCC2)c2cc[nH]c2n1. The van der Waals surface area contributed by atoms with Gasteiger partial charge in [-0.3, -0.25) is 0 Å². The maximum absolute atomic E-state index is 6.00. The molecule has 1 fully saturated rings. The molecule has 1 aliphatic heterocycles. The molecular weight excluding hydrogens is 210 g/mol. The third kappa shape index (κ3) is 1.47. The number of pyridine rings is 1. The van der Waals surface area contributed by atoms with E-state index in [4.69, 9.17) is 11.6 Å². The largest absolute Gasteiger partial charge is 0.371 e. The summed E-state index contributed by atoms with van der Waals surface area (Å²) in [6.45, 7) is 2.25. The highest BCUT2D eigenvalue weighted by molar-refractivity contribution is 6.30. The van der Waals surface area contributed by atoms with Gasteiger partial charge in [0.2, 0.25) is 0 Å². The molecule has 0 amide bonds. The van der Waals surface area contributed by atoms with E-state index in [1.54, 1.807) is 0 Å². The predicted octanol–water partition coefficient (Wildman–Crippen LogP) is 2.82. The molecule has 1 aliphatic rings. The van der Waals surface area contributed by atoms with Crippen molar-refractivity contribution >= 4 is 28.3 Å². The second-order valence-electron chi connectivity index (χ2n) is 3.90. The molecule has 0 saturated carbocycles. The van der Waals surface area contributed by atoms with Gasteiger partial charge >= 0.3 is 0 Å². The van der Waals surface area contributed by atoms with E-state index in [0.717, 1.165) is 18.7 Å². The number of hydrogen-bond acceptors (Lipinski definition) is 2. The fourth-order valence-electron chi connectivity index (χ4n) is 2.21. The Morgan fingerprint density at radius 3 is 2.93 bits per heavy atom. The fourth-order valence-corrected chi connectivity index (χ4v) is 2.40. The van der Waals surface area contributed by atoms with Crippen LogP contribution in [0.1, 0.15) is 12.8 Å². The van der Waals surface area contributed by atoms with Gasteiger partial charge in [-0.15, -0.1) is 0 Å². The predicted molar refractivity (Wildman–Crippen MR) is 62.6 cm³/mol. The molecule has 0 aliphatic carbocycles. The zero-order valence-electron chi connectivity index (χ0n) is 8.33. The molecule has 0 radical (unpaired) electrons. The van der Waals surface area contributed by atoms with Crippen molar-refractivity contribution in [2.24, 2.45) is 0 Å². The maximum Gasteiger partial charge on any atom is 0.141 e. The lowest BCUT2D eigenvalue weighted by Gasteiger charge is -2.18. The molecule has 3 heterocycles. The monoisotopic (exact) mass is 221 g/mol. The Labute approximate surface area is 93.1 Å². The molecule has 2 aromatic heterocycles. The number of halogens is 1. The van der Waals surface area contributed by atoms with E-state index in [1.165, 1.54) is 23.9 Å². The van der Waals surface area contributed by atoms with Gasteiger partial charge in [-0.1, -0.05) is 11.6 Å². The van der Waals surface area contributed by atoms with Gasteiger partial charge in [0, 0.05) is 24.7 Å². The van der Waals surface area contributed by atoms with E-state index in [-0.39, 0.29) is 0 Å². The number of nitrogens with one attached hydrogen (secondary N) is 1. The summed E-state index contributed by atoms with van der Waals surface area (Å²) in [4.78, 5) is 9.73. The average Bonchev–Trinajstić information content (AvgIpc) is 2.86. The summed E-state index contributed by atoms with van der Waals surface area (Å²) in [6.07, 6.45) is 4.45. The quantitative estimate of drug-likeness (QED) is 0.751. The number of rotatable bonds is 1. The first-order chi connectivity index (χ1) is 7.34. The summed E-state index contributed by atoms with van der Waals surface area (Å²) in [5.74, 6) is 0. The highest BCUT2D eigenvalue weighted by Gasteiger charge is 2.16. The summed E-state index contributed by atoms with van der Waals surface area (Å²) < 4.78 is 0. The lowest BCUT2D eigenvalue weighted by atomic mass is 10.2. The van der Waals surface area contributed by atoms with Crippen LogP contribution in [0.2, 0.25) is 5.15 Å². The molecule has 0 aromatic carbocycles. The van der Waals surface area contributed by atoms with Crippen LogP contribution in [0, 0.1) is 0 Å². The van der Waals surface area contributed by atoms with E-state index in [1.807, 2.05) is 12.3 Å². The number of H-pyrrole nitrogens is 1. The normalized spacial score (nSPS) is 16.5.